The zero-order chi connectivity index (χ0) is 10.7. The minimum Gasteiger partial charge on any atom is -0.468 e. The number of nitrogens with zero attached hydrogens (tertiary/aromatic N) is 1. The van der Waals surface area contributed by atoms with E-state index >= 15 is 0 Å². The Bertz CT molecular complexity index is 408. The van der Waals surface area contributed by atoms with E-state index in [1.165, 1.54) is 0 Å². The molecule has 80 valence electrons. The van der Waals surface area contributed by atoms with Crippen molar-refractivity contribution in [1.82, 2.24) is 10.3 Å². The minimum atomic E-state index is 0.226. The van der Waals surface area contributed by atoms with Gasteiger partial charge in [-0.15, -0.1) is 11.3 Å². The Hall–Kier alpha value is -1.13. The summed E-state index contributed by atoms with van der Waals surface area (Å²) in [5.74, 6) is 0.961. The van der Waals surface area contributed by atoms with Crippen LogP contribution in [0.25, 0.3) is 0 Å². The number of hydrogen-bond donors (Lipinski definition) is 1. The minimum absolute atomic E-state index is 0.226. The van der Waals surface area contributed by atoms with E-state index in [-0.39, 0.29) is 6.04 Å². The third-order valence-electron chi connectivity index (χ3n) is 2.20. The van der Waals surface area contributed by atoms with Crippen LogP contribution in [0.15, 0.2) is 28.2 Å². The first-order chi connectivity index (χ1) is 7.25. The molecule has 0 saturated carbocycles. The van der Waals surface area contributed by atoms with Gasteiger partial charge in [0, 0.05) is 17.6 Å². The highest BCUT2D eigenvalue weighted by molar-refractivity contribution is 7.09. The molecule has 0 aliphatic rings. The Kier molecular flexibility index (Phi) is 3.18. The van der Waals surface area contributed by atoms with E-state index in [1.807, 2.05) is 19.1 Å². The second-order valence-corrected chi connectivity index (χ2v) is 4.44. The zero-order valence-corrected chi connectivity index (χ0v) is 9.67. The molecule has 2 aromatic rings. The molecule has 0 saturated heterocycles. The van der Waals surface area contributed by atoms with E-state index in [2.05, 4.69) is 22.6 Å². The number of furan rings is 1. The van der Waals surface area contributed by atoms with Gasteiger partial charge < -0.3 is 9.73 Å². The largest absolute Gasteiger partial charge is 0.468 e. The molecule has 0 spiro atoms. The fourth-order valence-electron chi connectivity index (χ4n) is 1.36. The van der Waals surface area contributed by atoms with Gasteiger partial charge in [-0.1, -0.05) is 0 Å². The van der Waals surface area contributed by atoms with E-state index < -0.39 is 0 Å². The lowest BCUT2D eigenvalue weighted by atomic mass is 10.2. The zero-order valence-electron chi connectivity index (χ0n) is 8.86. The van der Waals surface area contributed by atoms with Crippen LogP contribution in [-0.4, -0.2) is 4.98 Å². The van der Waals surface area contributed by atoms with Gasteiger partial charge in [0.2, 0.25) is 0 Å². The molecule has 2 aromatic heterocycles. The van der Waals surface area contributed by atoms with Gasteiger partial charge in [0.15, 0.2) is 0 Å². The molecule has 0 amide bonds. The van der Waals surface area contributed by atoms with Crippen molar-refractivity contribution >= 4 is 11.3 Å². The molecule has 0 aromatic carbocycles. The van der Waals surface area contributed by atoms with E-state index in [0.29, 0.717) is 0 Å². The highest BCUT2D eigenvalue weighted by Crippen LogP contribution is 2.14. The van der Waals surface area contributed by atoms with Crippen LogP contribution in [0.2, 0.25) is 0 Å². The lowest BCUT2D eigenvalue weighted by Crippen LogP contribution is -2.17. The molecule has 0 radical (unpaired) electrons. The number of hydrogen-bond acceptors (Lipinski definition) is 4. The Morgan fingerprint density at radius 2 is 2.47 bits per heavy atom. The maximum absolute atomic E-state index is 5.31. The smallest absolute Gasteiger partial charge is 0.120 e. The normalized spacial score (nSPS) is 12.9. The molecule has 15 heavy (non-hydrogen) atoms. The topological polar surface area (TPSA) is 38.1 Å². The molecule has 0 bridgehead atoms. The van der Waals surface area contributed by atoms with E-state index in [9.17, 15) is 0 Å². The first-order valence-corrected chi connectivity index (χ1v) is 5.81. The summed E-state index contributed by atoms with van der Waals surface area (Å²) >= 11 is 1.68. The van der Waals surface area contributed by atoms with Crippen LogP contribution in [0.4, 0.5) is 0 Å². The second kappa shape index (κ2) is 4.59. The molecule has 2 rings (SSSR count). The van der Waals surface area contributed by atoms with E-state index in [0.717, 1.165) is 23.0 Å². The number of aryl methyl sites for hydroxylation is 1. The molecule has 0 unspecified atom stereocenters. The van der Waals surface area contributed by atoms with Crippen LogP contribution >= 0.6 is 11.3 Å². The molecule has 1 N–H and O–H groups in total. The van der Waals surface area contributed by atoms with Gasteiger partial charge in [0.25, 0.3) is 0 Å². The van der Waals surface area contributed by atoms with Crippen molar-refractivity contribution < 1.29 is 4.42 Å². The highest BCUT2D eigenvalue weighted by Gasteiger charge is 2.07. The van der Waals surface area contributed by atoms with Crippen LogP contribution in [0.5, 0.6) is 0 Å². The van der Waals surface area contributed by atoms with Crippen LogP contribution in [-0.2, 0) is 6.54 Å². The number of thiazole rings is 1. The average Bonchev–Trinajstić information content (AvgIpc) is 2.84. The number of rotatable bonds is 4. The van der Waals surface area contributed by atoms with Gasteiger partial charge in [-0.2, -0.15) is 0 Å². The predicted octanol–water partition coefficient (Wildman–Crippen LogP) is 2.90. The predicted molar refractivity (Wildman–Crippen MR) is 60.8 cm³/mol. The van der Waals surface area contributed by atoms with Crippen LogP contribution < -0.4 is 5.32 Å². The van der Waals surface area contributed by atoms with Crippen molar-refractivity contribution in [3.63, 3.8) is 0 Å². The summed E-state index contributed by atoms with van der Waals surface area (Å²) in [6.07, 6.45) is 1.70. The third kappa shape index (κ3) is 2.67. The monoisotopic (exact) mass is 222 g/mol. The average molecular weight is 222 g/mol. The Morgan fingerprint density at radius 1 is 1.60 bits per heavy atom. The standard InChI is InChI=1S/C11H14N2OS/c1-8-7-15-11(13-8)6-12-9(2)10-4-3-5-14-10/h3-5,7,9,12H,6H2,1-2H3/t9-/m1/s1. The Balaban J connectivity index is 1.88. The van der Waals surface area contributed by atoms with Crippen molar-refractivity contribution in [3.8, 4) is 0 Å². The van der Waals surface area contributed by atoms with Crippen LogP contribution in [0, 0.1) is 6.92 Å². The maximum Gasteiger partial charge on any atom is 0.120 e. The van der Waals surface area contributed by atoms with Gasteiger partial charge in [-0.05, 0) is 26.0 Å². The van der Waals surface area contributed by atoms with Crippen molar-refractivity contribution in [2.45, 2.75) is 26.4 Å². The summed E-state index contributed by atoms with van der Waals surface area (Å²) in [6.45, 7) is 4.88. The first-order valence-electron chi connectivity index (χ1n) is 4.93. The molecule has 1 atom stereocenters. The molecule has 0 fully saturated rings. The van der Waals surface area contributed by atoms with Crippen molar-refractivity contribution in [2.75, 3.05) is 0 Å². The van der Waals surface area contributed by atoms with Gasteiger partial charge in [-0.3, -0.25) is 0 Å². The lowest BCUT2D eigenvalue weighted by Gasteiger charge is -2.09. The molecule has 4 heteroatoms. The van der Waals surface area contributed by atoms with Gasteiger partial charge >= 0.3 is 0 Å². The number of nitrogens with one attached hydrogen (secondary N) is 1. The summed E-state index contributed by atoms with van der Waals surface area (Å²) in [6, 6.07) is 4.11. The van der Waals surface area contributed by atoms with Crippen molar-refractivity contribution in [2.24, 2.45) is 0 Å². The molecule has 2 heterocycles. The Morgan fingerprint density at radius 3 is 3.07 bits per heavy atom. The molecular weight excluding hydrogens is 208 g/mol. The molecule has 0 aliphatic heterocycles. The van der Waals surface area contributed by atoms with E-state index in [1.54, 1.807) is 17.6 Å². The SMILES string of the molecule is Cc1csc(CN[C@H](C)c2ccco2)n1. The van der Waals surface area contributed by atoms with Crippen molar-refractivity contribution in [3.05, 3.63) is 40.2 Å². The summed E-state index contributed by atoms with van der Waals surface area (Å²) in [7, 11) is 0. The van der Waals surface area contributed by atoms with Crippen LogP contribution in [0.3, 0.4) is 0 Å². The quantitative estimate of drug-likeness (QED) is 0.864. The Labute approximate surface area is 93.2 Å². The first kappa shape index (κ1) is 10.4. The fraction of sp³-hybridized carbons (Fsp3) is 0.364. The third-order valence-corrected chi connectivity index (χ3v) is 3.16. The van der Waals surface area contributed by atoms with Crippen LogP contribution in [0.1, 0.15) is 29.4 Å². The second-order valence-electron chi connectivity index (χ2n) is 3.50. The molecular formula is C11H14N2OS. The maximum atomic E-state index is 5.31. The van der Waals surface area contributed by atoms with Gasteiger partial charge in [0.1, 0.15) is 10.8 Å². The summed E-state index contributed by atoms with van der Waals surface area (Å²) < 4.78 is 5.31. The fourth-order valence-corrected chi connectivity index (χ4v) is 2.09. The molecule has 3 nitrogen and oxygen atoms in total. The van der Waals surface area contributed by atoms with Crippen molar-refractivity contribution in [1.29, 1.82) is 0 Å². The highest BCUT2D eigenvalue weighted by atomic mass is 32.1. The lowest BCUT2D eigenvalue weighted by molar-refractivity contribution is 0.430. The van der Waals surface area contributed by atoms with E-state index in [4.69, 9.17) is 4.42 Å². The summed E-state index contributed by atoms with van der Waals surface area (Å²) in [5, 5.41) is 6.55. The summed E-state index contributed by atoms with van der Waals surface area (Å²) in [4.78, 5) is 4.39. The van der Waals surface area contributed by atoms with Gasteiger partial charge in [-0.25, -0.2) is 4.98 Å². The number of aromatic nitrogens is 1. The van der Waals surface area contributed by atoms with Gasteiger partial charge in [0.05, 0.1) is 12.3 Å². The molecule has 0 aliphatic carbocycles. The summed E-state index contributed by atoms with van der Waals surface area (Å²) in [5.41, 5.74) is 1.09.